The predicted octanol–water partition coefficient (Wildman–Crippen LogP) is 4.26. The van der Waals surface area contributed by atoms with Crippen LogP contribution in [0.3, 0.4) is 0 Å². The monoisotopic (exact) mass is 343 g/mol. The highest BCUT2D eigenvalue weighted by Gasteiger charge is 2.60. The van der Waals surface area contributed by atoms with Crippen molar-refractivity contribution in [2.75, 3.05) is 13.2 Å². The van der Waals surface area contributed by atoms with Crippen LogP contribution < -0.4 is 14.8 Å². The molecule has 4 nitrogen and oxygen atoms in total. The van der Waals surface area contributed by atoms with Gasteiger partial charge in [-0.2, -0.15) is 0 Å². The van der Waals surface area contributed by atoms with Crippen LogP contribution in [0.4, 0.5) is 0 Å². The van der Waals surface area contributed by atoms with Crippen molar-refractivity contribution in [1.82, 2.24) is 5.32 Å². The largest absolute Gasteiger partial charge is 0.490 e. The number of hydrogen-bond donors (Lipinski definition) is 1. The molecule has 1 aromatic carbocycles. The van der Waals surface area contributed by atoms with Crippen molar-refractivity contribution in [3.8, 4) is 11.5 Å². The van der Waals surface area contributed by atoms with Crippen molar-refractivity contribution in [3.05, 3.63) is 35.4 Å². The van der Waals surface area contributed by atoms with Gasteiger partial charge in [0.05, 0.1) is 25.2 Å². The first-order valence-corrected chi connectivity index (χ1v) is 9.15. The Bertz CT molecular complexity index is 688. The topological polar surface area (TPSA) is 47.6 Å². The molecule has 1 fully saturated rings. The second-order valence-corrected chi connectivity index (χ2v) is 8.06. The lowest BCUT2D eigenvalue weighted by atomic mass is 10.1. The summed E-state index contributed by atoms with van der Waals surface area (Å²) >= 11 is 0. The number of rotatable bonds is 4. The molecule has 1 aromatic rings. The minimum Gasteiger partial charge on any atom is -0.490 e. The first-order chi connectivity index (χ1) is 11.8. The van der Waals surface area contributed by atoms with Gasteiger partial charge in [-0.25, -0.2) is 0 Å². The van der Waals surface area contributed by atoms with E-state index in [1.807, 2.05) is 25.1 Å². The highest BCUT2D eigenvalue weighted by Crippen LogP contribution is 2.59. The summed E-state index contributed by atoms with van der Waals surface area (Å²) in [6.07, 6.45) is 3.11. The van der Waals surface area contributed by atoms with Crippen LogP contribution in [-0.4, -0.2) is 19.1 Å². The molecule has 3 rings (SSSR count). The molecule has 0 radical (unpaired) electrons. The molecular formula is C21H29NO3. The van der Waals surface area contributed by atoms with E-state index in [1.54, 1.807) is 0 Å². The van der Waals surface area contributed by atoms with Crippen LogP contribution in [0.5, 0.6) is 11.5 Å². The fraction of sp³-hybridized carbons (Fsp3) is 0.571. The van der Waals surface area contributed by atoms with E-state index in [9.17, 15) is 4.79 Å². The zero-order chi connectivity index (χ0) is 18.2. The summed E-state index contributed by atoms with van der Waals surface area (Å²) < 4.78 is 11.4. The van der Waals surface area contributed by atoms with Gasteiger partial charge in [-0.05, 0) is 49.8 Å². The van der Waals surface area contributed by atoms with Gasteiger partial charge >= 0.3 is 0 Å². The number of fused-ring (bicyclic) bond motifs is 1. The Morgan fingerprint density at radius 1 is 1.24 bits per heavy atom. The average Bonchev–Trinajstić information content (AvgIpc) is 3.16. The molecule has 0 unspecified atom stereocenters. The number of amides is 1. The maximum Gasteiger partial charge on any atom is 0.224 e. The van der Waals surface area contributed by atoms with Crippen molar-refractivity contribution in [2.24, 2.45) is 17.3 Å². The van der Waals surface area contributed by atoms with Gasteiger partial charge in [0.1, 0.15) is 0 Å². The maximum atomic E-state index is 12.7. The minimum atomic E-state index is -0.0617. The quantitative estimate of drug-likeness (QED) is 0.831. The van der Waals surface area contributed by atoms with Crippen LogP contribution in [0.15, 0.2) is 29.8 Å². The van der Waals surface area contributed by atoms with Gasteiger partial charge in [0.2, 0.25) is 5.91 Å². The van der Waals surface area contributed by atoms with Crippen LogP contribution in [-0.2, 0) is 4.79 Å². The summed E-state index contributed by atoms with van der Waals surface area (Å²) in [6, 6.07) is 5.86. The molecule has 0 aromatic heterocycles. The first kappa shape index (κ1) is 17.8. The van der Waals surface area contributed by atoms with Crippen molar-refractivity contribution in [2.45, 2.75) is 47.1 Å². The Kier molecular flexibility index (Phi) is 4.81. The van der Waals surface area contributed by atoms with Gasteiger partial charge in [-0.1, -0.05) is 31.6 Å². The smallest absolute Gasteiger partial charge is 0.224 e. The highest BCUT2D eigenvalue weighted by molar-refractivity contribution is 5.84. The van der Waals surface area contributed by atoms with E-state index in [0.29, 0.717) is 19.1 Å². The molecule has 1 aliphatic carbocycles. The van der Waals surface area contributed by atoms with Crippen molar-refractivity contribution < 1.29 is 14.3 Å². The Morgan fingerprint density at radius 2 is 1.92 bits per heavy atom. The first-order valence-electron chi connectivity index (χ1n) is 9.15. The number of benzene rings is 1. The second kappa shape index (κ2) is 6.74. The molecule has 2 aliphatic rings. The number of carbonyl (C=O) groups is 1. The summed E-state index contributed by atoms with van der Waals surface area (Å²) in [5.74, 6) is 2.06. The molecule has 1 aliphatic heterocycles. The molecule has 0 bridgehead atoms. The van der Waals surface area contributed by atoms with Crippen LogP contribution in [0.2, 0.25) is 0 Å². The van der Waals surface area contributed by atoms with Crippen molar-refractivity contribution in [1.29, 1.82) is 0 Å². The van der Waals surface area contributed by atoms with Gasteiger partial charge in [0.15, 0.2) is 11.5 Å². The molecule has 4 heteroatoms. The van der Waals surface area contributed by atoms with E-state index in [2.05, 4.69) is 39.1 Å². The molecule has 136 valence electrons. The number of ether oxygens (including phenoxy) is 2. The SMILES string of the molecule is CC(C)=C[C@@H]1[C@H](C(=O)N[C@@H](C)c2ccc3c(c2)OCCCO3)C1(C)C. The van der Waals surface area contributed by atoms with Crippen LogP contribution in [0, 0.1) is 17.3 Å². The fourth-order valence-electron chi connectivity index (χ4n) is 3.68. The van der Waals surface area contributed by atoms with Crippen molar-refractivity contribution >= 4 is 5.91 Å². The van der Waals surface area contributed by atoms with E-state index in [4.69, 9.17) is 9.47 Å². The van der Waals surface area contributed by atoms with E-state index in [0.717, 1.165) is 23.5 Å². The molecule has 1 N–H and O–H groups in total. The number of carbonyl (C=O) groups excluding carboxylic acids is 1. The van der Waals surface area contributed by atoms with E-state index >= 15 is 0 Å². The van der Waals surface area contributed by atoms with Gasteiger partial charge in [-0.15, -0.1) is 0 Å². The molecule has 1 saturated carbocycles. The molecule has 0 saturated heterocycles. The Hall–Kier alpha value is -1.97. The van der Waals surface area contributed by atoms with Crippen LogP contribution in [0.25, 0.3) is 0 Å². The van der Waals surface area contributed by atoms with Gasteiger partial charge in [0.25, 0.3) is 0 Å². The molecule has 0 spiro atoms. The Morgan fingerprint density at radius 3 is 2.60 bits per heavy atom. The van der Waals surface area contributed by atoms with Crippen LogP contribution >= 0.6 is 0 Å². The number of allylic oxidation sites excluding steroid dienone is 2. The lowest BCUT2D eigenvalue weighted by molar-refractivity contribution is -0.123. The Balaban J connectivity index is 1.68. The Labute approximate surface area is 150 Å². The third kappa shape index (κ3) is 3.68. The second-order valence-electron chi connectivity index (χ2n) is 8.06. The highest BCUT2D eigenvalue weighted by atomic mass is 16.5. The van der Waals surface area contributed by atoms with Gasteiger partial charge in [0, 0.05) is 6.42 Å². The number of nitrogens with one attached hydrogen (secondary N) is 1. The van der Waals surface area contributed by atoms with Gasteiger partial charge < -0.3 is 14.8 Å². The lowest BCUT2D eigenvalue weighted by Crippen LogP contribution is -2.29. The van der Waals surface area contributed by atoms with Gasteiger partial charge in [-0.3, -0.25) is 4.79 Å². The average molecular weight is 343 g/mol. The zero-order valence-corrected chi connectivity index (χ0v) is 15.9. The van der Waals surface area contributed by atoms with E-state index in [-0.39, 0.29) is 23.3 Å². The maximum absolute atomic E-state index is 12.7. The third-order valence-corrected chi connectivity index (χ3v) is 5.34. The summed E-state index contributed by atoms with van der Waals surface area (Å²) in [4.78, 5) is 12.7. The third-order valence-electron chi connectivity index (χ3n) is 5.34. The number of hydrogen-bond acceptors (Lipinski definition) is 3. The normalized spacial score (nSPS) is 24.7. The lowest BCUT2D eigenvalue weighted by Gasteiger charge is -2.17. The van der Waals surface area contributed by atoms with E-state index < -0.39 is 0 Å². The predicted molar refractivity (Wildman–Crippen MR) is 98.8 cm³/mol. The van der Waals surface area contributed by atoms with Crippen molar-refractivity contribution in [3.63, 3.8) is 0 Å². The van der Waals surface area contributed by atoms with Crippen LogP contribution in [0.1, 0.15) is 52.6 Å². The molecule has 1 amide bonds. The summed E-state index contributed by atoms with van der Waals surface area (Å²) in [7, 11) is 0. The standard InChI is InChI=1S/C21H29NO3/c1-13(2)11-16-19(21(16,4)5)20(23)22-14(3)15-7-8-17-18(12-15)25-10-6-9-24-17/h7-8,11-12,14,16,19H,6,9-10H2,1-5H3,(H,22,23)/t14-,16+,19+/m0/s1. The fourth-order valence-corrected chi connectivity index (χ4v) is 3.68. The minimum absolute atomic E-state index is 0.0335. The molecular weight excluding hydrogens is 314 g/mol. The molecule has 3 atom stereocenters. The summed E-state index contributed by atoms with van der Waals surface area (Å²) in [5, 5.41) is 3.17. The molecule has 25 heavy (non-hydrogen) atoms. The summed E-state index contributed by atoms with van der Waals surface area (Å²) in [6.45, 7) is 11.9. The van der Waals surface area contributed by atoms with E-state index in [1.165, 1.54) is 5.57 Å². The zero-order valence-electron chi connectivity index (χ0n) is 15.9. The summed E-state index contributed by atoms with van der Waals surface area (Å²) in [5.41, 5.74) is 2.34. The molecule has 1 heterocycles.